The second kappa shape index (κ2) is 7.99. The van der Waals surface area contributed by atoms with E-state index in [1.54, 1.807) is 30.0 Å². The zero-order valence-electron chi connectivity index (χ0n) is 12.7. The molecule has 0 aliphatic rings. The van der Waals surface area contributed by atoms with Gasteiger partial charge in [0, 0.05) is 11.0 Å². The van der Waals surface area contributed by atoms with Gasteiger partial charge in [-0.05, 0) is 43.7 Å². The molecule has 0 spiro atoms. The molecule has 0 heterocycles. The van der Waals surface area contributed by atoms with Gasteiger partial charge in [-0.3, -0.25) is 4.79 Å². The quantitative estimate of drug-likeness (QED) is 0.536. The first-order chi connectivity index (χ1) is 10.6. The summed E-state index contributed by atoms with van der Waals surface area (Å²) in [6, 6.07) is 13.8. The Labute approximate surface area is 134 Å². The number of rotatable bonds is 7. The zero-order valence-corrected chi connectivity index (χ0v) is 13.5. The molecular formula is C18H19FO2S. The van der Waals surface area contributed by atoms with E-state index in [1.165, 1.54) is 19.1 Å². The van der Waals surface area contributed by atoms with Gasteiger partial charge in [-0.25, -0.2) is 4.39 Å². The number of Topliss-reactive ketones (excluding diaryl/α,β-unsaturated/α-hetero) is 1. The molecule has 0 aromatic heterocycles. The van der Waals surface area contributed by atoms with Crippen molar-refractivity contribution in [3.63, 3.8) is 0 Å². The first kappa shape index (κ1) is 16.6. The van der Waals surface area contributed by atoms with Crippen molar-refractivity contribution >= 4 is 17.5 Å². The van der Waals surface area contributed by atoms with E-state index < -0.39 is 0 Å². The Bertz CT molecular complexity index is 625. The average molecular weight is 318 g/mol. The molecule has 2 aromatic carbocycles. The summed E-state index contributed by atoms with van der Waals surface area (Å²) in [4.78, 5) is 11.5. The molecule has 0 aliphatic carbocycles. The average Bonchev–Trinajstić information content (AvgIpc) is 2.52. The summed E-state index contributed by atoms with van der Waals surface area (Å²) in [6.07, 6.45) is 0. The molecule has 1 atom stereocenters. The molecule has 2 rings (SSSR count). The van der Waals surface area contributed by atoms with Gasteiger partial charge in [0.25, 0.3) is 0 Å². The molecule has 0 saturated heterocycles. The number of carbonyl (C=O) groups is 1. The smallest absolute Gasteiger partial charge is 0.163 e. The van der Waals surface area contributed by atoms with Gasteiger partial charge in [0.15, 0.2) is 5.78 Å². The number of hydrogen-bond acceptors (Lipinski definition) is 3. The molecule has 0 radical (unpaired) electrons. The Morgan fingerprint density at radius 1 is 1.18 bits per heavy atom. The first-order valence-corrected chi connectivity index (χ1v) is 8.22. The second-order valence-electron chi connectivity index (χ2n) is 4.97. The van der Waals surface area contributed by atoms with Gasteiger partial charge in [0.2, 0.25) is 0 Å². The van der Waals surface area contributed by atoms with Gasteiger partial charge >= 0.3 is 0 Å². The summed E-state index contributed by atoms with van der Waals surface area (Å²) >= 11 is 1.74. The third-order valence-corrected chi connectivity index (χ3v) is 4.49. The van der Waals surface area contributed by atoms with E-state index in [-0.39, 0.29) is 16.9 Å². The van der Waals surface area contributed by atoms with Crippen molar-refractivity contribution in [2.24, 2.45) is 0 Å². The lowest BCUT2D eigenvalue weighted by Gasteiger charge is -2.13. The number of ketones is 1. The molecular weight excluding hydrogens is 299 g/mol. The standard InChI is InChI=1S/C18H19FO2S/c1-13(20)17-5-3-4-6-18(17)21-11-12-22-14(2)15-7-9-16(19)10-8-15/h3-10,14H,11-12H2,1-2H3. The van der Waals surface area contributed by atoms with Crippen LogP contribution in [0.3, 0.4) is 0 Å². The Morgan fingerprint density at radius 2 is 1.86 bits per heavy atom. The van der Waals surface area contributed by atoms with Crippen LogP contribution in [-0.4, -0.2) is 18.1 Å². The molecule has 0 saturated carbocycles. The molecule has 116 valence electrons. The Kier molecular flexibility index (Phi) is 6.01. The lowest BCUT2D eigenvalue weighted by molar-refractivity contribution is 0.101. The minimum atomic E-state index is -0.217. The fourth-order valence-corrected chi connectivity index (χ4v) is 2.97. The zero-order chi connectivity index (χ0) is 15.9. The van der Waals surface area contributed by atoms with Crippen LogP contribution < -0.4 is 4.74 Å². The monoisotopic (exact) mass is 318 g/mol. The maximum atomic E-state index is 12.9. The minimum absolute atomic E-state index is 0.00272. The van der Waals surface area contributed by atoms with Gasteiger partial charge in [0.05, 0.1) is 12.2 Å². The molecule has 0 amide bonds. The summed E-state index contributed by atoms with van der Waals surface area (Å²) in [6.45, 7) is 4.15. The van der Waals surface area contributed by atoms with Crippen LogP contribution in [0.2, 0.25) is 0 Å². The number of halogens is 1. The van der Waals surface area contributed by atoms with Crippen LogP contribution in [0.25, 0.3) is 0 Å². The van der Waals surface area contributed by atoms with Crippen molar-refractivity contribution in [2.75, 3.05) is 12.4 Å². The highest BCUT2D eigenvalue weighted by molar-refractivity contribution is 7.99. The molecule has 0 aliphatic heterocycles. The molecule has 0 bridgehead atoms. The van der Waals surface area contributed by atoms with Gasteiger partial charge < -0.3 is 4.74 Å². The van der Waals surface area contributed by atoms with Crippen molar-refractivity contribution in [1.82, 2.24) is 0 Å². The van der Waals surface area contributed by atoms with Crippen LogP contribution in [0.15, 0.2) is 48.5 Å². The highest BCUT2D eigenvalue weighted by atomic mass is 32.2. The van der Waals surface area contributed by atoms with Crippen LogP contribution in [-0.2, 0) is 0 Å². The van der Waals surface area contributed by atoms with Crippen LogP contribution in [0.4, 0.5) is 4.39 Å². The molecule has 22 heavy (non-hydrogen) atoms. The number of carbonyl (C=O) groups excluding carboxylic acids is 1. The normalized spacial score (nSPS) is 12.0. The van der Waals surface area contributed by atoms with Crippen LogP contribution in [0.5, 0.6) is 5.75 Å². The molecule has 2 nitrogen and oxygen atoms in total. The van der Waals surface area contributed by atoms with E-state index in [0.717, 1.165) is 11.3 Å². The lowest BCUT2D eigenvalue weighted by atomic mass is 10.1. The van der Waals surface area contributed by atoms with Gasteiger partial charge in [-0.2, -0.15) is 11.8 Å². The molecule has 0 N–H and O–H groups in total. The fraction of sp³-hybridized carbons (Fsp3) is 0.278. The lowest BCUT2D eigenvalue weighted by Crippen LogP contribution is -2.05. The second-order valence-corrected chi connectivity index (χ2v) is 6.41. The summed E-state index contributed by atoms with van der Waals surface area (Å²) in [7, 11) is 0. The molecule has 1 unspecified atom stereocenters. The fourth-order valence-electron chi connectivity index (χ4n) is 2.09. The van der Waals surface area contributed by atoms with E-state index in [9.17, 15) is 9.18 Å². The van der Waals surface area contributed by atoms with Crippen molar-refractivity contribution in [3.8, 4) is 5.75 Å². The number of hydrogen-bond donors (Lipinski definition) is 0. The van der Waals surface area contributed by atoms with Crippen molar-refractivity contribution in [1.29, 1.82) is 0 Å². The number of benzene rings is 2. The Morgan fingerprint density at radius 3 is 2.55 bits per heavy atom. The third-order valence-electron chi connectivity index (χ3n) is 3.31. The SMILES string of the molecule is CC(=O)c1ccccc1OCCSC(C)c1ccc(F)cc1. The third kappa shape index (κ3) is 4.60. The largest absolute Gasteiger partial charge is 0.492 e. The van der Waals surface area contributed by atoms with Crippen LogP contribution in [0, 0.1) is 5.82 Å². The van der Waals surface area contributed by atoms with Gasteiger partial charge in [-0.1, -0.05) is 24.3 Å². The van der Waals surface area contributed by atoms with Crippen molar-refractivity contribution < 1.29 is 13.9 Å². The van der Waals surface area contributed by atoms with Crippen molar-refractivity contribution in [3.05, 3.63) is 65.5 Å². The molecule has 4 heteroatoms. The van der Waals surface area contributed by atoms with E-state index in [0.29, 0.717) is 17.9 Å². The minimum Gasteiger partial charge on any atom is -0.492 e. The number of ether oxygens (including phenoxy) is 1. The maximum Gasteiger partial charge on any atom is 0.163 e. The van der Waals surface area contributed by atoms with Crippen LogP contribution in [0.1, 0.15) is 35.0 Å². The number of thioether (sulfide) groups is 1. The van der Waals surface area contributed by atoms with E-state index in [4.69, 9.17) is 4.74 Å². The summed E-state index contributed by atoms with van der Waals surface area (Å²) in [5.41, 5.74) is 1.70. The van der Waals surface area contributed by atoms with Crippen LogP contribution >= 0.6 is 11.8 Å². The highest BCUT2D eigenvalue weighted by Gasteiger charge is 2.09. The summed E-state index contributed by atoms with van der Waals surface area (Å²) < 4.78 is 18.6. The predicted octanol–water partition coefficient (Wildman–Crippen LogP) is 4.90. The number of para-hydroxylation sites is 1. The topological polar surface area (TPSA) is 26.3 Å². The molecule has 0 fully saturated rings. The van der Waals surface area contributed by atoms with Gasteiger partial charge in [-0.15, -0.1) is 0 Å². The maximum absolute atomic E-state index is 12.9. The van der Waals surface area contributed by atoms with E-state index >= 15 is 0 Å². The Hall–Kier alpha value is -1.81. The first-order valence-electron chi connectivity index (χ1n) is 7.18. The molecule has 2 aromatic rings. The predicted molar refractivity (Wildman–Crippen MR) is 89.2 cm³/mol. The van der Waals surface area contributed by atoms with Gasteiger partial charge in [0.1, 0.15) is 11.6 Å². The summed E-state index contributed by atoms with van der Waals surface area (Å²) in [5, 5.41) is 0.271. The van der Waals surface area contributed by atoms with Crippen molar-refractivity contribution in [2.45, 2.75) is 19.1 Å². The summed E-state index contributed by atoms with van der Waals surface area (Å²) in [5.74, 6) is 1.21. The Balaban J connectivity index is 1.82. The van der Waals surface area contributed by atoms with E-state index in [2.05, 4.69) is 6.92 Å². The van der Waals surface area contributed by atoms with E-state index in [1.807, 2.05) is 18.2 Å². The highest BCUT2D eigenvalue weighted by Crippen LogP contribution is 2.28.